The van der Waals surface area contributed by atoms with Crippen LogP contribution in [0.3, 0.4) is 0 Å². The topological polar surface area (TPSA) is 58.5 Å². The van der Waals surface area contributed by atoms with Gasteiger partial charge < -0.3 is 5.32 Å². The number of rotatable bonds is 4. The number of aliphatic imine (C=N–C) groups is 1. The first-order chi connectivity index (χ1) is 16.1. The third-order valence-corrected chi connectivity index (χ3v) is 6.27. The summed E-state index contributed by atoms with van der Waals surface area (Å²) in [6.45, 7) is 2.02. The summed E-state index contributed by atoms with van der Waals surface area (Å²) in [7, 11) is 0. The van der Waals surface area contributed by atoms with Gasteiger partial charge in [0.05, 0.1) is 17.0 Å². The lowest BCUT2D eigenvalue weighted by atomic mass is 10.00. The minimum atomic E-state index is -0.544. The van der Waals surface area contributed by atoms with Gasteiger partial charge in [0.15, 0.2) is 0 Å². The molecule has 0 bridgehead atoms. The van der Waals surface area contributed by atoms with Gasteiger partial charge in [-0.25, -0.2) is 4.99 Å². The summed E-state index contributed by atoms with van der Waals surface area (Å²) < 4.78 is 0. The molecule has 1 fully saturated rings. The second-order valence-electron chi connectivity index (χ2n) is 7.77. The molecule has 0 radical (unpaired) electrons. The molecule has 0 aliphatic carbocycles. The average Bonchev–Trinajstić information content (AvgIpc) is 3.11. The van der Waals surface area contributed by atoms with Crippen molar-refractivity contribution >= 4 is 55.5 Å². The second kappa shape index (κ2) is 8.88. The average molecular weight is 449 g/mol. The van der Waals surface area contributed by atoms with Crippen molar-refractivity contribution in [2.24, 2.45) is 4.99 Å². The van der Waals surface area contributed by atoms with Crippen molar-refractivity contribution < 1.29 is 9.59 Å². The van der Waals surface area contributed by atoms with Gasteiger partial charge in [0.25, 0.3) is 5.12 Å². The Labute approximate surface area is 196 Å². The molecule has 0 atom stereocenters. The monoisotopic (exact) mass is 448 g/mol. The Morgan fingerprint density at radius 1 is 0.788 bits per heavy atom. The molecule has 1 aliphatic heterocycles. The first-order valence-corrected chi connectivity index (χ1v) is 11.4. The normalized spacial score (nSPS) is 16.5. The molecule has 1 heterocycles. The number of Topliss-reactive ketones (excluding diaryl/α,β-unsaturated/α-hetero) is 1. The minimum Gasteiger partial charge on any atom is -0.354 e. The number of anilines is 1. The zero-order chi connectivity index (χ0) is 22.8. The first kappa shape index (κ1) is 20.9. The zero-order valence-electron chi connectivity index (χ0n) is 17.9. The third kappa shape index (κ3) is 4.36. The molecule has 0 spiro atoms. The van der Waals surface area contributed by atoms with Crippen LogP contribution in [0.25, 0.3) is 16.5 Å². The van der Waals surface area contributed by atoms with Crippen LogP contribution in [-0.2, 0) is 9.59 Å². The highest BCUT2D eigenvalue weighted by Gasteiger charge is 2.37. The maximum atomic E-state index is 13.1. The molecule has 5 rings (SSSR count). The number of nitrogens with zero attached hydrogens (tertiary/aromatic N) is 1. The van der Waals surface area contributed by atoms with E-state index in [0.717, 1.165) is 39.3 Å². The quantitative estimate of drug-likeness (QED) is 0.284. The fraction of sp³-hybridized carbons (Fsp3) is 0.0357. The van der Waals surface area contributed by atoms with Crippen molar-refractivity contribution in [2.75, 3.05) is 5.32 Å². The lowest BCUT2D eigenvalue weighted by Crippen LogP contribution is -2.13. The van der Waals surface area contributed by atoms with Gasteiger partial charge in [0.2, 0.25) is 5.78 Å². The van der Waals surface area contributed by atoms with Crippen LogP contribution >= 0.6 is 11.8 Å². The first-order valence-electron chi connectivity index (χ1n) is 10.6. The maximum absolute atomic E-state index is 13.1. The highest BCUT2D eigenvalue weighted by atomic mass is 32.2. The molecule has 4 aromatic rings. The van der Waals surface area contributed by atoms with Gasteiger partial charge in [0.1, 0.15) is 5.04 Å². The van der Waals surface area contributed by atoms with E-state index in [1.54, 1.807) is 0 Å². The number of carbonyl (C=O) groups is 2. The predicted octanol–water partition coefficient (Wildman–Crippen LogP) is 6.54. The van der Waals surface area contributed by atoms with Gasteiger partial charge in [-0.2, -0.15) is 0 Å². The highest BCUT2D eigenvalue weighted by Crippen LogP contribution is 2.35. The van der Waals surface area contributed by atoms with E-state index in [4.69, 9.17) is 0 Å². The molecule has 0 amide bonds. The summed E-state index contributed by atoms with van der Waals surface area (Å²) in [6, 6.07) is 31.3. The minimum absolute atomic E-state index is 0.296. The van der Waals surface area contributed by atoms with Crippen molar-refractivity contribution in [2.45, 2.75) is 6.92 Å². The number of hydrogen-bond acceptors (Lipinski definition) is 5. The fourth-order valence-corrected chi connectivity index (χ4v) is 4.53. The van der Waals surface area contributed by atoms with E-state index in [0.29, 0.717) is 22.0 Å². The van der Waals surface area contributed by atoms with Crippen LogP contribution < -0.4 is 5.32 Å². The van der Waals surface area contributed by atoms with Crippen molar-refractivity contribution in [1.29, 1.82) is 0 Å². The van der Waals surface area contributed by atoms with Crippen LogP contribution in [0.5, 0.6) is 0 Å². The molecule has 33 heavy (non-hydrogen) atoms. The Kier molecular flexibility index (Phi) is 5.63. The Morgan fingerprint density at radius 3 is 2.24 bits per heavy atom. The van der Waals surface area contributed by atoms with Crippen LogP contribution in [-0.4, -0.2) is 15.9 Å². The number of aryl methyl sites for hydroxylation is 1. The number of nitrogens with one attached hydrogen (secondary N) is 1. The Hall–Kier alpha value is -3.96. The molecule has 1 saturated heterocycles. The lowest BCUT2D eigenvalue weighted by Gasteiger charge is -2.15. The van der Waals surface area contributed by atoms with E-state index >= 15 is 0 Å². The zero-order valence-corrected chi connectivity index (χ0v) is 18.7. The van der Waals surface area contributed by atoms with Crippen molar-refractivity contribution in [3.8, 4) is 0 Å². The molecule has 0 saturated carbocycles. The van der Waals surface area contributed by atoms with E-state index in [1.165, 1.54) is 0 Å². The highest BCUT2D eigenvalue weighted by molar-refractivity contribution is 8.29. The molecular weight excluding hydrogens is 428 g/mol. The number of fused-ring (bicyclic) bond motifs is 1. The van der Waals surface area contributed by atoms with Gasteiger partial charge in [-0.15, -0.1) is 0 Å². The number of hydrogen-bond donors (Lipinski definition) is 1. The summed E-state index contributed by atoms with van der Waals surface area (Å²) in [4.78, 5) is 30.2. The standard InChI is InChI=1S/C28H20N2O2S/c1-18-11-15-23(16-12-18)29-25(21-14-13-19-7-5-6-8-20(19)17-21)24-26(31)28(32)33-27(24)30-22-9-3-2-4-10-22/h2-17,29H,1H3/b25-24-,30-27?. The molecule has 160 valence electrons. The van der Waals surface area contributed by atoms with Crippen LogP contribution in [0.2, 0.25) is 0 Å². The second-order valence-corrected chi connectivity index (χ2v) is 8.74. The van der Waals surface area contributed by atoms with Crippen LogP contribution in [0.4, 0.5) is 11.4 Å². The van der Waals surface area contributed by atoms with Gasteiger partial charge in [-0.05, 0) is 65.4 Å². The predicted molar refractivity (Wildman–Crippen MR) is 137 cm³/mol. The summed E-state index contributed by atoms with van der Waals surface area (Å²) >= 11 is 0.880. The summed E-state index contributed by atoms with van der Waals surface area (Å²) in [5.74, 6) is -0.544. The lowest BCUT2D eigenvalue weighted by molar-refractivity contribution is -0.128. The van der Waals surface area contributed by atoms with Crippen LogP contribution in [0, 0.1) is 6.92 Å². The molecule has 4 nitrogen and oxygen atoms in total. The Bertz CT molecular complexity index is 1440. The van der Waals surface area contributed by atoms with E-state index in [2.05, 4.69) is 10.3 Å². The van der Waals surface area contributed by atoms with Crippen LogP contribution in [0.1, 0.15) is 11.1 Å². The Morgan fingerprint density at radius 2 is 1.48 bits per heavy atom. The summed E-state index contributed by atoms with van der Waals surface area (Å²) in [6.07, 6.45) is 0. The van der Waals surface area contributed by atoms with Gasteiger partial charge >= 0.3 is 0 Å². The van der Waals surface area contributed by atoms with Gasteiger partial charge in [0, 0.05) is 5.69 Å². The fourth-order valence-electron chi connectivity index (χ4n) is 3.71. The van der Waals surface area contributed by atoms with Crippen molar-refractivity contribution in [3.63, 3.8) is 0 Å². The number of thioether (sulfide) groups is 1. The van der Waals surface area contributed by atoms with Crippen molar-refractivity contribution in [3.05, 3.63) is 114 Å². The van der Waals surface area contributed by atoms with Gasteiger partial charge in [-0.1, -0.05) is 72.3 Å². The van der Waals surface area contributed by atoms with E-state index in [9.17, 15) is 9.59 Å². The molecule has 5 heteroatoms. The summed E-state index contributed by atoms with van der Waals surface area (Å²) in [5, 5.41) is 5.43. The van der Waals surface area contributed by atoms with Crippen molar-refractivity contribution in [1.82, 2.24) is 0 Å². The van der Waals surface area contributed by atoms with Crippen LogP contribution in [0.15, 0.2) is 108 Å². The van der Waals surface area contributed by atoms with E-state index < -0.39 is 10.9 Å². The molecular formula is C28H20N2O2S. The van der Waals surface area contributed by atoms with Gasteiger partial charge in [-0.3, -0.25) is 9.59 Å². The number of benzene rings is 4. The SMILES string of the molecule is Cc1ccc(N/C(=C2/C(=O)C(=O)SC2=Nc2ccccc2)c2ccc3ccccc3c2)cc1. The molecule has 4 aromatic carbocycles. The van der Waals surface area contributed by atoms with E-state index in [1.807, 2.05) is 104 Å². The maximum Gasteiger partial charge on any atom is 0.266 e. The number of para-hydroxylation sites is 1. The molecule has 0 aromatic heterocycles. The molecule has 1 aliphatic rings. The van der Waals surface area contributed by atoms with E-state index in [-0.39, 0.29) is 0 Å². The third-order valence-electron chi connectivity index (χ3n) is 5.41. The molecule has 1 N–H and O–H groups in total. The largest absolute Gasteiger partial charge is 0.354 e. The smallest absolute Gasteiger partial charge is 0.266 e. The Balaban J connectivity index is 1.72. The molecule has 0 unspecified atom stereocenters. The number of carbonyl (C=O) groups excluding carboxylic acids is 2. The number of ketones is 1. The summed E-state index contributed by atoms with van der Waals surface area (Å²) in [5.41, 5.74) is 4.33.